The molecule has 3 rings (SSSR count). The van der Waals surface area contributed by atoms with Crippen molar-refractivity contribution in [3.8, 4) is 11.5 Å². The van der Waals surface area contributed by atoms with Gasteiger partial charge in [-0.05, 0) is 37.5 Å². The van der Waals surface area contributed by atoms with Gasteiger partial charge in [0.1, 0.15) is 17.3 Å². The SMILES string of the molecule is Cc1ccc(Oc2ccnc(CNC3CC3)c2)cc1F. The van der Waals surface area contributed by atoms with E-state index in [-0.39, 0.29) is 5.82 Å². The molecule has 2 aromatic rings. The average molecular weight is 272 g/mol. The van der Waals surface area contributed by atoms with Gasteiger partial charge in [-0.25, -0.2) is 4.39 Å². The maximum absolute atomic E-state index is 13.5. The summed E-state index contributed by atoms with van der Waals surface area (Å²) in [6, 6.07) is 9.18. The number of hydrogen-bond acceptors (Lipinski definition) is 3. The second-order valence-electron chi connectivity index (χ2n) is 5.15. The minimum Gasteiger partial charge on any atom is -0.457 e. The third-order valence-corrected chi connectivity index (χ3v) is 3.32. The topological polar surface area (TPSA) is 34.1 Å². The van der Waals surface area contributed by atoms with Crippen LogP contribution >= 0.6 is 0 Å². The predicted molar refractivity (Wildman–Crippen MR) is 75.3 cm³/mol. The highest BCUT2D eigenvalue weighted by atomic mass is 19.1. The molecule has 104 valence electrons. The number of benzene rings is 1. The fraction of sp³-hybridized carbons (Fsp3) is 0.312. The normalized spacial score (nSPS) is 14.3. The van der Waals surface area contributed by atoms with Crippen LogP contribution in [0.15, 0.2) is 36.5 Å². The third kappa shape index (κ3) is 3.33. The monoisotopic (exact) mass is 272 g/mol. The summed E-state index contributed by atoms with van der Waals surface area (Å²) in [5.41, 5.74) is 1.54. The van der Waals surface area contributed by atoms with Crippen LogP contribution in [0.3, 0.4) is 0 Å². The lowest BCUT2D eigenvalue weighted by Crippen LogP contribution is -2.16. The first-order valence-electron chi connectivity index (χ1n) is 6.83. The van der Waals surface area contributed by atoms with Crippen LogP contribution in [0.1, 0.15) is 24.1 Å². The Hall–Kier alpha value is -1.94. The van der Waals surface area contributed by atoms with Crippen LogP contribution in [0.2, 0.25) is 0 Å². The van der Waals surface area contributed by atoms with Gasteiger partial charge < -0.3 is 10.1 Å². The van der Waals surface area contributed by atoms with Crippen molar-refractivity contribution in [1.82, 2.24) is 10.3 Å². The van der Waals surface area contributed by atoms with Gasteiger partial charge in [-0.1, -0.05) is 6.07 Å². The summed E-state index contributed by atoms with van der Waals surface area (Å²) >= 11 is 0. The van der Waals surface area contributed by atoms with E-state index in [9.17, 15) is 4.39 Å². The van der Waals surface area contributed by atoms with Crippen LogP contribution in [0.5, 0.6) is 11.5 Å². The lowest BCUT2D eigenvalue weighted by molar-refractivity contribution is 0.474. The summed E-state index contributed by atoms with van der Waals surface area (Å²) in [5, 5.41) is 3.40. The zero-order chi connectivity index (χ0) is 13.9. The smallest absolute Gasteiger partial charge is 0.130 e. The summed E-state index contributed by atoms with van der Waals surface area (Å²) in [4.78, 5) is 4.30. The van der Waals surface area contributed by atoms with E-state index in [1.807, 2.05) is 6.07 Å². The summed E-state index contributed by atoms with van der Waals surface area (Å²) < 4.78 is 19.1. The number of pyridine rings is 1. The standard InChI is InChI=1S/C16H17FN2O/c1-11-2-5-14(9-16(11)17)20-15-6-7-18-13(8-15)10-19-12-3-4-12/h2,5-9,12,19H,3-4,10H2,1H3. The Morgan fingerprint density at radius 3 is 2.80 bits per heavy atom. The van der Waals surface area contributed by atoms with E-state index >= 15 is 0 Å². The molecule has 1 aromatic heterocycles. The first-order chi connectivity index (χ1) is 9.70. The molecule has 1 N–H and O–H groups in total. The number of rotatable bonds is 5. The second-order valence-corrected chi connectivity index (χ2v) is 5.15. The zero-order valence-electron chi connectivity index (χ0n) is 11.4. The summed E-state index contributed by atoms with van der Waals surface area (Å²) in [6.07, 6.45) is 4.21. The molecule has 4 heteroatoms. The minimum absolute atomic E-state index is 0.257. The van der Waals surface area contributed by atoms with Gasteiger partial charge in [0.15, 0.2) is 0 Å². The second kappa shape index (κ2) is 5.59. The Bertz CT molecular complexity index is 611. The van der Waals surface area contributed by atoms with Crippen molar-refractivity contribution in [1.29, 1.82) is 0 Å². The van der Waals surface area contributed by atoms with Crippen LogP contribution in [0.25, 0.3) is 0 Å². The molecule has 1 saturated carbocycles. The van der Waals surface area contributed by atoms with Gasteiger partial charge in [0.2, 0.25) is 0 Å². The van der Waals surface area contributed by atoms with Crippen LogP contribution in [-0.2, 0) is 6.54 Å². The van der Waals surface area contributed by atoms with E-state index in [1.54, 1.807) is 31.3 Å². The van der Waals surface area contributed by atoms with Gasteiger partial charge in [-0.3, -0.25) is 4.98 Å². The summed E-state index contributed by atoms with van der Waals surface area (Å²) in [6.45, 7) is 2.47. The number of aromatic nitrogens is 1. The molecule has 0 radical (unpaired) electrons. The lowest BCUT2D eigenvalue weighted by Gasteiger charge is -2.08. The Kier molecular flexibility index (Phi) is 3.65. The van der Waals surface area contributed by atoms with Gasteiger partial charge in [-0.15, -0.1) is 0 Å². The Labute approximate surface area is 117 Å². The quantitative estimate of drug-likeness (QED) is 0.903. The van der Waals surface area contributed by atoms with Crippen LogP contribution in [-0.4, -0.2) is 11.0 Å². The fourth-order valence-corrected chi connectivity index (χ4v) is 1.93. The number of nitrogens with one attached hydrogen (secondary N) is 1. The molecule has 0 unspecified atom stereocenters. The molecule has 20 heavy (non-hydrogen) atoms. The first-order valence-corrected chi connectivity index (χ1v) is 6.83. The fourth-order valence-electron chi connectivity index (χ4n) is 1.93. The van der Waals surface area contributed by atoms with Gasteiger partial charge in [0.25, 0.3) is 0 Å². The zero-order valence-corrected chi connectivity index (χ0v) is 11.4. The highest BCUT2D eigenvalue weighted by Gasteiger charge is 2.20. The molecule has 1 aliphatic rings. The van der Waals surface area contributed by atoms with E-state index in [2.05, 4.69) is 10.3 Å². The highest BCUT2D eigenvalue weighted by molar-refractivity contribution is 5.33. The maximum Gasteiger partial charge on any atom is 0.130 e. The van der Waals surface area contributed by atoms with E-state index in [1.165, 1.54) is 18.9 Å². The largest absolute Gasteiger partial charge is 0.457 e. The molecule has 0 atom stereocenters. The molecular weight excluding hydrogens is 255 g/mol. The average Bonchev–Trinajstić information content (AvgIpc) is 3.25. The molecule has 1 aromatic carbocycles. The van der Waals surface area contributed by atoms with Crippen LogP contribution in [0.4, 0.5) is 4.39 Å². The molecule has 3 nitrogen and oxygen atoms in total. The molecule has 0 bridgehead atoms. The van der Waals surface area contributed by atoms with Crippen molar-refractivity contribution >= 4 is 0 Å². The predicted octanol–water partition coefficient (Wildman–Crippen LogP) is 3.57. The van der Waals surface area contributed by atoms with E-state index in [0.29, 0.717) is 23.1 Å². The molecule has 0 spiro atoms. The van der Waals surface area contributed by atoms with Gasteiger partial charge in [0, 0.05) is 30.9 Å². The third-order valence-electron chi connectivity index (χ3n) is 3.32. The molecular formula is C16H17FN2O. The lowest BCUT2D eigenvalue weighted by atomic mass is 10.2. The van der Waals surface area contributed by atoms with Gasteiger partial charge in [0.05, 0.1) is 5.69 Å². The van der Waals surface area contributed by atoms with E-state index in [0.717, 1.165) is 12.2 Å². The maximum atomic E-state index is 13.5. The molecule has 0 amide bonds. The van der Waals surface area contributed by atoms with Crippen LogP contribution in [0, 0.1) is 12.7 Å². The molecule has 1 aliphatic carbocycles. The minimum atomic E-state index is -0.257. The molecule has 1 heterocycles. The number of halogens is 1. The van der Waals surface area contributed by atoms with E-state index < -0.39 is 0 Å². The number of nitrogens with zero attached hydrogens (tertiary/aromatic N) is 1. The summed E-state index contributed by atoms with van der Waals surface area (Å²) in [7, 11) is 0. The van der Waals surface area contributed by atoms with Crippen molar-refractivity contribution in [2.75, 3.05) is 0 Å². The Morgan fingerprint density at radius 1 is 1.25 bits per heavy atom. The van der Waals surface area contributed by atoms with Gasteiger partial charge in [-0.2, -0.15) is 0 Å². The Morgan fingerprint density at radius 2 is 2.05 bits per heavy atom. The van der Waals surface area contributed by atoms with Crippen molar-refractivity contribution in [2.24, 2.45) is 0 Å². The van der Waals surface area contributed by atoms with Crippen LogP contribution < -0.4 is 10.1 Å². The van der Waals surface area contributed by atoms with Crippen molar-refractivity contribution in [3.63, 3.8) is 0 Å². The number of aryl methyl sites for hydroxylation is 1. The molecule has 0 aliphatic heterocycles. The Balaban J connectivity index is 1.69. The van der Waals surface area contributed by atoms with Crippen molar-refractivity contribution < 1.29 is 9.13 Å². The van der Waals surface area contributed by atoms with E-state index in [4.69, 9.17) is 4.74 Å². The molecule has 0 saturated heterocycles. The van der Waals surface area contributed by atoms with Crippen molar-refractivity contribution in [3.05, 3.63) is 53.6 Å². The number of ether oxygens (including phenoxy) is 1. The summed E-state index contributed by atoms with van der Waals surface area (Å²) in [5.74, 6) is 0.920. The highest BCUT2D eigenvalue weighted by Crippen LogP contribution is 2.24. The van der Waals surface area contributed by atoms with Crippen molar-refractivity contribution in [2.45, 2.75) is 32.4 Å². The first kappa shape index (κ1) is 13.1. The van der Waals surface area contributed by atoms with Gasteiger partial charge >= 0.3 is 0 Å². The number of hydrogen-bond donors (Lipinski definition) is 1. The molecule has 1 fully saturated rings.